The van der Waals surface area contributed by atoms with E-state index in [9.17, 15) is 15.0 Å². The van der Waals surface area contributed by atoms with Crippen LogP contribution in [0.15, 0.2) is 107 Å². The Kier molecular flexibility index (Phi) is 7.47. The van der Waals surface area contributed by atoms with Gasteiger partial charge in [0.1, 0.15) is 0 Å². The van der Waals surface area contributed by atoms with Gasteiger partial charge in [-0.1, -0.05) is 13.8 Å². The summed E-state index contributed by atoms with van der Waals surface area (Å²) in [5.41, 5.74) is 11.8. The van der Waals surface area contributed by atoms with Crippen LogP contribution in [0, 0.1) is 11.8 Å². The molecule has 8 heteroatoms. The molecule has 2 atom stereocenters. The number of hydrogen-bond acceptors (Lipinski definition) is 8. The molecule has 5 aliphatic heterocycles. The number of methoxy groups -OCH3 is 1. The first-order valence-electron chi connectivity index (χ1n) is 13.7. The fourth-order valence-electron chi connectivity index (χ4n) is 5.94. The monoisotopic (exact) mass is 540 g/mol. The van der Waals surface area contributed by atoms with Crippen molar-refractivity contribution in [3.63, 3.8) is 0 Å². The largest absolute Gasteiger partial charge is 0.515 e. The topological polar surface area (TPSA) is 116 Å². The highest BCUT2D eigenvalue weighted by molar-refractivity contribution is 6.17. The fraction of sp³-hybridized carbons (Fsp3) is 0.375. The molecule has 0 spiro atoms. The number of aliphatic imine (C=N–C) groups is 3. The number of nitrogens with zero attached hydrogens (tertiary/aromatic N) is 3. The lowest BCUT2D eigenvalue weighted by Crippen LogP contribution is -2.13. The molecule has 0 aromatic rings. The maximum atomic E-state index is 12.0. The minimum absolute atomic E-state index is 0.00356. The van der Waals surface area contributed by atoms with E-state index < -0.39 is 0 Å². The Morgan fingerprint density at radius 1 is 0.950 bits per heavy atom. The van der Waals surface area contributed by atoms with Gasteiger partial charge in [0, 0.05) is 40.8 Å². The van der Waals surface area contributed by atoms with Gasteiger partial charge >= 0.3 is 5.97 Å². The number of carbonyl (C=O) groups excluding carboxylic acids is 1. The van der Waals surface area contributed by atoms with E-state index in [2.05, 4.69) is 26.1 Å². The Bertz CT molecular complexity index is 1540. The summed E-state index contributed by atoms with van der Waals surface area (Å²) in [6.45, 7) is 10.1. The lowest BCUT2D eigenvalue weighted by molar-refractivity contribution is -0.140. The zero-order valence-corrected chi connectivity index (χ0v) is 23.9. The molecule has 208 valence electrons. The average molecular weight is 541 g/mol. The highest BCUT2D eigenvalue weighted by atomic mass is 16.5. The molecule has 5 rings (SSSR count). The van der Waals surface area contributed by atoms with Crippen LogP contribution in [-0.2, 0) is 9.53 Å². The van der Waals surface area contributed by atoms with Crippen LogP contribution >= 0.6 is 0 Å². The number of aliphatic hydroxyl groups excluding tert-OH is 2. The van der Waals surface area contributed by atoms with Crippen LogP contribution in [0.5, 0.6) is 0 Å². The Labute approximate surface area is 235 Å². The molecule has 1 saturated heterocycles. The second kappa shape index (κ2) is 10.8. The van der Waals surface area contributed by atoms with Gasteiger partial charge in [-0.05, 0) is 80.2 Å². The van der Waals surface area contributed by atoms with Gasteiger partial charge in [-0.25, -0.2) is 15.0 Å². The third-order valence-electron chi connectivity index (χ3n) is 8.52. The lowest BCUT2D eigenvalue weighted by Gasteiger charge is -2.15. The summed E-state index contributed by atoms with van der Waals surface area (Å²) in [6, 6.07) is 0. The van der Waals surface area contributed by atoms with E-state index in [1.54, 1.807) is 0 Å². The minimum atomic E-state index is -0.254. The Morgan fingerprint density at radius 2 is 1.60 bits per heavy atom. The summed E-state index contributed by atoms with van der Waals surface area (Å²) in [6.07, 6.45) is 10.7. The van der Waals surface area contributed by atoms with E-state index in [4.69, 9.17) is 19.7 Å². The molecule has 5 heterocycles. The SMILES string of the molecule is CCC1=C(C)C2=NC1=CC1=C(C)/C(=C\O)C(=N1)C=C1NC(=CC3=NC(=C2)C(CO)=C3C)[C@@H](C)[C@@H]1CCC(=O)OC. The van der Waals surface area contributed by atoms with E-state index >= 15 is 0 Å². The number of esters is 1. The summed E-state index contributed by atoms with van der Waals surface area (Å²) in [4.78, 5) is 26.9. The van der Waals surface area contributed by atoms with E-state index in [0.717, 1.165) is 74.8 Å². The van der Waals surface area contributed by atoms with Crippen molar-refractivity contribution >= 4 is 23.1 Å². The number of carbonyl (C=O) groups is 1. The van der Waals surface area contributed by atoms with Gasteiger partial charge in [-0.2, -0.15) is 0 Å². The van der Waals surface area contributed by atoms with Gasteiger partial charge in [-0.3, -0.25) is 4.79 Å². The van der Waals surface area contributed by atoms with Crippen molar-refractivity contribution in [1.29, 1.82) is 0 Å². The number of ether oxygens (including phenoxy) is 1. The molecule has 0 aromatic heterocycles. The molecule has 8 bridgehead atoms. The molecule has 0 radical (unpaired) electrons. The number of rotatable bonds is 5. The van der Waals surface area contributed by atoms with Gasteiger partial charge < -0.3 is 20.3 Å². The minimum Gasteiger partial charge on any atom is -0.515 e. The van der Waals surface area contributed by atoms with Gasteiger partial charge in [0.2, 0.25) is 0 Å². The van der Waals surface area contributed by atoms with Gasteiger partial charge in [0.05, 0.1) is 54.2 Å². The van der Waals surface area contributed by atoms with Crippen molar-refractivity contribution in [2.75, 3.05) is 13.7 Å². The molecule has 0 saturated carbocycles. The quantitative estimate of drug-likeness (QED) is 0.316. The van der Waals surface area contributed by atoms with Gasteiger partial charge in [0.15, 0.2) is 0 Å². The first-order chi connectivity index (χ1) is 19.2. The number of hydrogen-bond donors (Lipinski definition) is 3. The predicted molar refractivity (Wildman–Crippen MR) is 158 cm³/mol. The molecule has 0 aromatic carbocycles. The van der Waals surface area contributed by atoms with Crippen molar-refractivity contribution in [2.45, 2.75) is 53.9 Å². The van der Waals surface area contributed by atoms with Gasteiger partial charge in [0.25, 0.3) is 0 Å². The number of allylic oxidation sites excluding steroid dienone is 11. The van der Waals surface area contributed by atoms with E-state index in [0.29, 0.717) is 23.4 Å². The molecule has 0 amide bonds. The molecular weight excluding hydrogens is 504 g/mol. The summed E-state index contributed by atoms with van der Waals surface area (Å²) in [7, 11) is 1.40. The first kappa shape index (κ1) is 27.5. The normalized spacial score (nSPS) is 25.0. The van der Waals surface area contributed by atoms with Crippen molar-refractivity contribution in [3.05, 3.63) is 92.5 Å². The summed E-state index contributed by atoms with van der Waals surface area (Å²) >= 11 is 0. The third-order valence-corrected chi connectivity index (χ3v) is 8.52. The number of fused-ring (bicyclic) bond motifs is 5. The zero-order valence-electron chi connectivity index (χ0n) is 23.9. The predicted octanol–water partition coefficient (Wildman–Crippen LogP) is 5.46. The highest BCUT2D eigenvalue weighted by Crippen LogP contribution is 2.40. The molecule has 8 nitrogen and oxygen atoms in total. The van der Waals surface area contributed by atoms with Crippen LogP contribution in [0.4, 0.5) is 0 Å². The summed E-state index contributed by atoms with van der Waals surface area (Å²) < 4.78 is 4.91. The Morgan fingerprint density at radius 3 is 2.25 bits per heavy atom. The van der Waals surface area contributed by atoms with E-state index in [1.807, 2.05) is 38.2 Å². The molecule has 1 fully saturated rings. The molecular formula is C32H36N4O4. The zero-order chi connectivity index (χ0) is 28.7. The maximum absolute atomic E-state index is 12.0. The number of nitrogens with one attached hydrogen (secondary N) is 1. The molecule has 3 N–H and O–H groups in total. The second-order valence-corrected chi connectivity index (χ2v) is 10.7. The maximum Gasteiger partial charge on any atom is 0.305 e. The van der Waals surface area contributed by atoms with Gasteiger partial charge in [-0.15, -0.1) is 0 Å². The van der Waals surface area contributed by atoms with E-state index in [1.165, 1.54) is 7.11 Å². The smallest absolute Gasteiger partial charge is 0.305 e. The molecule has 0 aliphatic carbocycles. The standard InChI is InChI=1S/C32H36N4O4/c1-7-20-16(2)26-12-30-22(14-37)18(4)25(35-30)10-24-17(3)21(8-9-32(39)40-6)29(34-24)13-31-23(15-38)19(5)27(36-31)11-28(20)33-26/h10-13,15,17,21,34,37-38H,7-9,14H2,1-6H3/b23-15+,24-10?,28-11?,29-13?,30-12?/t17-,21-/m0/s1. The van der Waals surface area contributed by atoms with Crippen molar-refractivity contribution < 1.29 is 19.7 Å². The van der Waals surface area contributed by atoms with Crippen molar-refractivity contribution in [3.8, 4) is 0 Å². The first-order valence-corrected chi connectivity index (χ1v) is 13.7. The summed E-state index contributed by atoms with van der Waals surface area (Å²) in [5.74, 6) is -0.191. The highest BCUT2D eigenvalue weighted by Gasteiger charge is 2.35. The Balaban J connectivity index is 1.73. The van der Waals surface area contributed by atoms with Crippen LogP contribution in [-0.4, -0.2) is 47.0 Å². The third kappa shape index (κ3) is 4.66. The molecule has 5 aliphatic rings. The average Bonchev–Trinajstić information content (AvgIpc) is 3.60. The van der Waals surface area contributed by atoms with Crippen molar-refractivity contribution in [2.24, 2.45) is 26.8 Å². The lowest BCUT2D eigenvalue weighted by atomic mass is 9.87. The molecule has 40 heavy (non-hydrogen) atoms. The van der Waals surface area contributed by atoms with Crippen LogP contribution in [0.3, 0.4) is 0 Å². The molecule has 0 unspecified atom stereocenters. The summed E-state index contributed by atoms with van der Waals surface area (Å²) in [5, 5.41) is 24.0. The Hall–Kier alpha value is -4.04. The van der Waals surface area contributed by atoms with Crippen LogP contribution in [0.2, 0.25) is 0 Å². The van der Waals surface area contributed by atoms with Crippen LogP contribution in [0.25, 0.3) is 0 Å². The number of aliphatic hydroxyl groups is 2. The van der Waals surface area contributed by atoms with Crippen molar-refractivity contribution in [1.82, 2.24) is 5.32 Å². The fourth-order valence-corrected chi connectivity index (χ4v) is 5.94. The second-order valence-electron chi connectivity index (χ2n) is 10.7. The van der Waals surface area contributed by atoms with Crippen LogP contribution in [0.1, 0.15) is 53.9 Å². The van der Waals surface area contributed by atoms with E-state index in [-0.39, 0.29) is 30.8 Å². The van der Waals surface area contributed by atoms with Crippen LogP contribution < -0.4 is 5.32 Å².